The van der Waals surface area contributed by atoms with E-state index in [2.05, 4.69) is 0 Å². The summed E-state index contributed by atoms with van der Waals surface area (Å²) < 4.78 is 0. The van der Waals surface area contributed by atoms with Gasteiger partial charge >= 0.3 is 17.9 Å². The van der Waals surface area contributed by atoms with Crippen molar-refractivity contribution in [2.75, 3.05) is 0 Å². The number of carbonyl (C=O) groups excluding carboxylic acids is 5. The summed E-state index contributed by atoms with van der Waals surface area (Å²) in [5.41, 5.74) is 15.5. The fourth-order valence-electron chi connectivity index (χ4n) is 2.42. The highest BCUT2D eigenvalue weighted by molar-refractivity contribution is 5.97. The Morgan fingerprint density at radius 1 is 0.618 bits per heavy atom. The highest BCUT2D eigenvalue weighted by Gasteiger charge is 2.32. The molecule has 0 spiro atoms. The summed E-state index contributed by atoms with van der Waals surface area (Å²) in [5, 5.41) is 32.6. The Balaban J connectivity index is 5.54. The third kappa shape index (κ3) is 11.9. The monoisotopic (exact) mass is 490 g/mol. The molecule has 5 amide bonds. The van der Waals surface area contributed by atoms with E-state index in [9.17, 15) is 38.4 Å². The lowest BCUT2D eigenvalue weighted by molar-refractivity contribution is -0.147. The van der Waals surface area contributed by atoms with Crippen molar-refractivity contribution < 1.29 is 53.7 Å². The number of nitrogens with two attached hydrogens (primary N) is 3. The van der Waals surface area contributed by atoms with Crippen molar-refractivity contribution in [3.8, 4) is 0 Å². The second-order valence-electron chi connectivity index (χ2n) is 7.00. The van der Waals surface area contributed by atoms with Gasteiger partial charge in [0.2, 0.25) is 29.5 Å². The Labute approximate surface area is 191 Å². The number of carboxylic acid groups (broad SMARTS) is 3. The van der Waals surface area contributed by atoms with Gasteiger partial charge < -0.3 is 48.5 Å². The minimum atomic E-state index is -1.92. The van der Waals surface area contributed by atoms with Crippen LogP contribution in [0.1, 0.15) is 32.1 Å². The topological polar surface area (TPSA) is 311 Å². The first-order valence-electron chi connectivity index (χ1n) is 9.53. The van der Waals surface area contributed by atoms with Crippen molar-refractivity contribution in [3.05, 3.63) is 0 Å². The number of hydrogen-bond acceptors (Lipinski definition) is 9. The van der Waals surface area contributed by atoms with Crippen molar-refractivity contribution >= 4 is 47.4 Å². The second-order valence-corrected chi connectivity index (χ2v) is 7.00. The van der Waals surface area contributed by atoms with Gasteiger partial charge in [0, 0.05) is 6.42 Å². The molecule has 0 saturated heterocycles. The molecule has 0 aromatic rings. The van der Waals surface area contributed by atoms with Gasteiger partial charge in [-0.1, -0.05) is 0 Å². The van der Waals surface area contributed by atoms with Gasteiger partial charge in [0.25, 0.3) is 0 Å². The van der Waals surface area contributed by atoms with Gasteiger partial charge in [0.1, 0.15) is 18.1 Å². The third-order valence-corrected chi connectivity index (χ3v) is 4.08. The molecule has 0 fully saturated rings. The number of carboxylic acids is 3. The van der Waals surface area contributed by atoms with Crippen LogP contribution in [0.3, 0.4) is 0 Å². The van der Waals surface area contributed by atoms with Crippen molar-refractivity contribution in [2.24, 2.45) is 17.2 Å². The van der Waals surface area contributed by atoms with E-state index >= 15 is 0 Å². The largest absolute Gasteiger partial charge is 0.481 e. The minimum Gasteiger partial charge on any atom is -0.481 e. The Bertz CT molecular complexity index is 846. The first kappa shape index (κ1) is 29.7. The molecule has 0 aliphatic carbocycles. The summed E-state index contributed by atoms with van der Waals surface area (Å²) in [6.07, 6.45) is -3.37. The molecule has 0 aromatic carbocycles. The SMILES string of the molecule is NC(=O)CCC(N)C(=O)NC(CC(=O)O)C(=O)NC(CC(N)=O)C(=O)NC(CC(=O)O)C(=O)O. The molecule has 190 valence electrons. The molecule has 0 rings (SSSR count). The quantitative estimate of drug-likeness (QED) is 0.0981. The molecular formula is C17H26N6O11. The predicted molar refractivity (Wildman–Crippen MR) is 108 cm³/mol. The molecule has 0 radical (unpaired) electrons. The highest BCUT2D eigenvalue weighted by Crippen LogP contribution is 2.02. The molecule has 34 heavy (non-hydrogen) atoms. The van der Waals surface area contributed by atoms with E-state index in [-0.39, 0.29) is 12.8 Å². The van der Waals surface area contributed by atoms with Gasteiger partial charge in [0.05, 0.1) is 25.3 Å². The molecular weight excluding hydrogens is 464 g/mol. The molecule has 0 heterocycles. The van der Waals surface area contributed by atoms with Gasteiger partial charge in [-0.15, -0.1) is 0 Å². The average molecular weight is 490 g/mol. The second kappa shape index (κ2) is 14.0. The molecule has 12 N–H and O–H groups in total. The van der Waals surface area contributed by atoms with Gasteiger partial charge in [-0.2, -0.15) is 0 Å². The average Bonchev–Trinajstić information content (AvgIpc) is 2.68. The highest BCUT2D eigenvalue weighted by atomic mass is 16.4. The fourth-order valence-corrected chi connectivity index (χ4v) is 2.42. The zero-order valence-corrected chi connectivity index (χ0v) is 17.7. The molecule has 17 heteroatoms. The standard InChI is InChI=1S/C17H26N6O11/c18-6(1-2-10(19)24)14(30)21-8(4-12(26)27)16(32)22-7(3-11(20)25)15(31)23-9(17(33)34)5-13(28)29/h6-9H,1-5,18H2,(H2,19,24)(H2,20,25)(H,21,30)(H,22,32)(H,23,31)(H,26,27)(H,28,29)(H,33,34). The van der Waals surface area contributed by atoms with Crippen molar-refractivity contribution in [1.29, 1.82) is 0 Å². The summed E-state index contributed by atoms with van der Waals surface area (Å²) in [5.74, 6) is -10.3. The Kier molecular flexibility index (Phi) is 12.2. The summed E-state index contributed by atoms with van der Waals surface area (Å²) in [6.45, 7) is 0. The summed E-state index contributed by atoms with van der Waals surface area (Å²) in [7, 11) is 0. The molecule has 0 aliphatic heterocycles. The number of nitrogens with one attached hydrogen (secondary N) is 3. The fraction of sp³-hybridized carbons (Fsp3) is 0.529. The van der Waals surface area contributed by atoms with Crippen LogP contribution in [0.5, 0.6) is 0 Å². The molecule has 0 bridgehead atoms. The summed E-state index contributed by atoms with van der Waals surface area (Å²) in [6, 6.07) is -6.90. The molecule has 0 aliphatic rings. The van der Waals surface area contributed by atoms with E-state index in [1.165, 1.54) is 0 Å². The molecule has 0 saturated carbocycles. The van der Waals surface area contributed by atoms with E-state index in [1.54, 1.807) is 0 Å². The van der Waals surface area contributed by atoms with E-state index in [1.807, 2.05) is 16.0 Å². The molecule has 4 unspecified atom stereocenters. The van der Waals surface area contributed by atoms with Crippen LogP contribution in [0.25, 0.3) is 0 Å². The number of carbonyl (C=O) groups is 8. The lowest BCUT2D eigenvalue weighted by Crippen LogP contribution is -2.58. The van der Waals surface area contributed by atoms with Crippen LogP contribution in [-0.2, 0) is 38.4 Å². The number of aliphatic carboxylic acids is 3. The first-order chi connectivity index (χ1) is 15.6. The zero-order valence-electron chi connectivity index (χ0n) is 17.7. The summed E-state index contributed by atoms with van der Waals surface area (Å²) >= 11 is 0. The van der Waals surface area contributed by atoms with Crippen LogP contribution < -0.4 is 33.2 Å². The van der Waals surface area contributed by atoms with Crippen LogP contribution in [0.15, 0.2) is 0 Å². The third-order valence-electron chi connectivity index (χ3n) is 4.08. The number of amides is 5. The predicted octanol–water partition coefficient (Wildman–Crippen LogP) is -5.06. The first-order valence-corrected chi connectivity index (χ1v) is 9.53. The summed E-state index contributed by atoms with van der Waals surface area (Å²) in [4.78, 5) is 92.2. The van der Waals surface area contributed by atoms with Gasteiger partial charge in [0.15, 0.2) is 0 Å². The maximum Gasteiger partial charge on any atom is 0.326 e. The zero-order chi connectivity index (χ0) is 26.6. The van der Waals surface area contributed by atoms with Crippen molar-refractivity contribution in [3.63, 3.8) is 0 Å². The van der Waals surface area contributed by atoms with Gasteiger partial charge in [-0.25, -0.2) is 4.79 Å². The van der Waals surface area contributed by atoms with Gasteiger partial charge in [-0.3, -0.25) is 33.6 Å². The van der Waals surface area contributed by atoms with E-state index in [4.69, 9.17) is 32.5 Å². The molecule has 17 nitrogen and oxygen atoms in total. The van der Waals surface area contributed by atoms with Crippen molar-refractivity contribution in [2.45, 2.75) is 56.3 Å². The Morgan fingerprint density at radius 3 is 1.44 bits per heavy atom. The van der Waals surface area contributed by atoms with E-state index in [0.29, 0.717) is 0 Å². The smallest absolute Gasteiger partial charge is 0.326 e. The van der Waals surface area contributed by atoms with Crippen LogP contribution in [0, 0.1) is 0 Å². The molecule has 4 atom stereocenters. The number of primary amides is 2. The lowest BCUT2D eigenvalue weighted by Gasteiger charge is -2.23. The Morgan fingerprint density at radius 2 is 1.03 bits per heavy atom. The van der Waals surface area contributed by atoms with Crippen LogP contribution in [-0.4, -0.2) is 86.9 Å². The van der Waals surface area contributed by atoms with Crippen LogP contribution in [0.2, 0.25) is 0 Å². The van der Waals surface area contributed by atoms with Crippen molar-refractivity contribution in [1.82, 2.24) is 16.0 Å². The maximum atomic E-state index is 12.6. The Hall–Kier alpha value is -4.28. The van der Waals surface area contributed by atoms with Gasteiger partial charge in [-0.05, 0) is 6.42 Å². The lowest BCUT2D eigenvalue weighted by atomic mass is 10.1. The van der Waals surface area contributed by atoms with E-state index in [0.717, 1.165) is 0 Å². The normalized spacial score (nSPS) is 13.9. The van der Waals surface area contributed by atoms with Crippen LogP contribution >= 0.6 is 0 Å². The van der Waals surface area contributed by atoms with E-state index < -0.39 is 90.9 Å². The maximum absolute atomic E-state index is 12.6. The van der Waals surface area contributed by atoms with Crippen LogP contribution in [0.4, 0.5) is 0 Å². The minimum absolute atomic E-state index is 0.213. The number of rotatable bonds is 16. The molecule has 0 aromatic heterocycles. The number of hydrogen-bond donors (Lipinski definition) is 9.